The number of allylic oxidation sites excluding steroid dienone is 1. The van der Waals surface area contributed by atoms with Crippen LogP contribution in [0, 0.1) is 0 Å². The number of rotatable bonds is 7. The molecule has 32 heavy (non-hydrogen) atoms. The van der Waals surface area contributed by atoms with E-state index in [2.05, 4.69) is 15.6 Å². The predicted octanol–water partition coefficient (Wildman–Crippen LogP) is 4.01. The summed E-state index contributed by atoms with van der Waals surface area (Å²) >= 11 is 0. The van der Waals surface area contributed by atoms with Gasteiger partial charge in [0.2, 0.25) is 0 Å². The lowest BCUT2D eigenvalue weighted by Gasteiger charge is -2.10. The number of carboxylic acids is 1. The van der Waals surface area contributed by atoms with Crippen LogP contribution < -0.4 is 5.32 Å². The topological polar surface area (TPSA) is 97.1 Å². The molecule has 0 radical (unpaired) electrons. The predicted molar refractivity (Wildman–Crippen MR) is 110 cm³/mol. The van der Waals surface area contributed by atoms with Gasteiger partial charge in [0.1, 0.15) is 5.69 Å². The zero-order valence-electron chi connectivity index (χ0n) is 16.9. The summed E-state index contributed by atoms with van der Waals surface area (Å²) in [6.45, 7) is 1.94. The Balaban J connectivity index is 1.78. The van der Waals surface area contributed by atoms with Crippen molar-refractivity contribution < 1.29 is 27.9 Å². The van der Waals surface area contributed by atoms with Crippen LogP contribution in [0.2, 0.25) is 0 Å². The van der Waals surface area contributed by atoms with Crippen molar-refractivity contribution in [1.82, 2.24) is 20.3 Å². The molecule has 0 aliphatic carbocycles. The number of halogens is 3. The summed E-state index contributed by atoms with van der Waals surface area (Å²) < 4.78 is 39.6. The van der Waals surface area contributed by atoms with Gasteiger partial charge in [-0.2, -0.15) is 13.2 Å². The highest BCUT2D eigenvalue weighted by molar-refractivity contribution is 5.95. The second kappa shape index (κ2) is 9.46. The first-order valence-corrected chi connectivity index (χ1v) is 9.51. The van der Waals surface area contributed by atoms with Crippen molar-refractivity contribution in [3.8, 4) is 0 Å². The minimum Gasteiger partial charge on any atom is -0.478 e. The summed E-state index contributed by atoms with van der Waals surface area (Å²) in [6, 6.07) is 10.6. The van der Waals surface area contributed by atoms with E-state index in [9.17, 15) is 22.8 Å². The molecule has 7 nitrogen and oxygen atoms in total. The Morgan fingerprint density at radius 1 is 1.06 bits per heavy atom. The maximum Gasteiger partial charge on any atom is 0.416 e. The van der Waals surface area contributed by atoms with Crippen molar-refractivity contribution in [3.63, 3.8) is 0 Å². The normalized spacial score (nSPS) is 11.6. The van der Waals surface area contributed by atoms with Crippen molar-refractivity contribution in [1.29, 1.82) is 0 Å². The monoisotopic (exact) mass is 444 g/mol. The number of carboxylic acid groups (broad SMARTS) is 1. The van der Waals surface area contributed by atoms with Gasteiger partial charge in [0.25, 0.3) is 5.91 Å². The van der Waals surface area contributed by atoms with E-state index in [1.807, 2.05) is 0 Å². The number of alkyl halides is 3. The van der Waals surface area contributed by atoms with E-state index in [-0.39, 0.29) is 24.3 Å². The number of carbonyl (C=O) groups is 2. The van der Waals surface area contributed by atoms with Gasteiger partial charge in [-0.25, -0.2) is 9.48 Å². The van der Waals surface area contributed by atoms with Gasteiger partial charge in [-0.1, -0.05) is 35.6 Å². The van der Waals surface area contributed by atoms with Crippen molar-refractivity contribution >= 4 is 18.0 Å². The quantitative estimate of drug-likeness (QED) is 0.574. The number of carbonyl (C=O) groups excluding carboxylic acids is 1. The zero-order chi connectivity index (χ0) is 23.3. The maximum absolute atomic E-state index is 12.9. The summed E-state index contributed by atoms with van der Waals surface area (Å²) in [5.74, 6) is -1.52. The summed E-state index contributed by atoms with van der Waals surface area (Å²) in [6.07, 6.45) is -1.14. The van der Waals surface area contributed by atoms with Crippen LogP contribution >= 0.6 is 0 Å². The zero-order valence-corrected chi connectivity index (χ0v) is 16.9. The van der Waals surface area contributed by atoms with Crippen LogP contribution in [0.25, 0.3) is 6.08 Å². The van der Waals surface area contributed by atoms with Gasteiger partial charge in [-0.3, -0.25) is 4.79 Å². The summed E-state index contributed by atoms with van der Waals surface area (Å²) in [5.41, 5.74) is 1.06. The van der Waals surface area contributed by atoms with Crippen molar-refractivity contribution in [2.45, 2.75) is 26.2 Å². The number of nitrogens with zero attached hydrogens (tertiary/aromatic N) is 3. The highest BCUT2D eigenvalue weighted by atomic mass is 19.4. The van der Waals surface area contributed by atoms with Crippen molar-refractivity contribution in [2.24, 2.45) is 0 Å². The number of aromatic carboxylic acids is 1. The first-order valence-electron chi connectivity index (χ1n) is 9.51. The van der Waals surface area contributed by atoms with E-state index in [0.29, 0.717) is 16.8 Å². The average Bonchev–Trinajstić information content (AvgIpc) is 3.14. The maximum atomic E-state index is 12.9. The minimum absolute atomic E-state index is 0.0543. The summed E-state index contributed by atoms with van der Waals surface area (Å²) in [5, 5.41) is 19.7. The molecule has 1 heterocycles. The Labute approximate surface area is 181 Å². The molecule has 0 saturated carbocycles. The Bertz CT molecular complexity index is 1130. The molecule has 0 unspecified atom stereocenters. The fourth-order valence-corrected chi connectivity index (χ4v) is 2.94. The Morgan fingerprint density at radius 2 is 1.69 bits per heavy atom. The fourth-order valence-electron chi connectivity index (χ4n) is 2.94. The van der Waals surface area contributed by atoms with Gasteiger partial charge in [-0.05, 0) is 48.4 Å². The van der Waals surface area contributed by atoms with Crippen molar-refractivity contribution in [2.75, 3.05) is 0 Å². The third-order valence-electron chi connectivity index (χ3n) is 4.57. The van der Waals surface area contributed by atoms with Crippen LogP contribution in [0.3, 0.4) is 0 Å². The van der Waals surface area contributed by atoms with Gasteiger partial charge in [0, 0.05) is 6.54 Å². The lowest BCUT2D eigenvalue weighted by molar-refractivity contribution is -0.137. The van der Waals surface area contributed by atoms with Gasteiger partial charge in [0.15, 0.2) is 5.69 Å². The van der Waals surface area contributed by atoms with Crippen LogP contribution in [0.15, 0.2) is 54.6 Å². The van der Waals surface area contributed by atoms with Crippen molar-refractivity contribution in [3.05, 3.63) is 88.2 Å². The summed E-state index contributed by atoms with van der Waals surface area (Å²) in [4.78, 5) is 23.8. The number of hydrogen-bond acceptors (Lipinski definition) is 4. The Morgan fingerprint density at radius 3 is 2.25 bits per heavy atom. The largest absolute Gasteiger partial charge is 0.478 e. The first kappa shape index (κ1) is 22.7. The fraction of sp³-hybridized carbons (Fsp3) is 0.182. The lowest BCUT2D eigenvalue weighted by atomic mass is 10.1. The summed E-state index contributed by atoms with van der Waals surface area (Å²) in [7, 11) is 0. The molecule has 3 rings (SSSR count). The van der Waals surface area contributed by atoms with Gasteiger partial charge >= 0.3 is 12.1 Å². The molecule has 2 N–H and O–H groups in total. The number of benzene rings is 2. The third-order valence-corrected chi connectivity index (χ3v) is 4.57. The number of hydrogen-bond donors (Lipinski definition) is 2. The van der Waals surface area contributed by atoms with E-state index in [1.54, 1.807) is 31.2 Å². The van der Waals surface area contributed by atoms with Gasteiger partial charge in [0.05, 0.1) is 17.7 Å². The molecule has 0 aliphatic rings. The standard InChI is InChI=1S/C22H19F3N4O3/c1-2-3-18-19(20(30)26-12-14-4-8-16(9-5-14)21(31)32)29(28-27-18)13-15-6-10-17(11-7-15)22(23,24)25/h2-11H,12-13H2,1H3,(H,26,30)(H,31,32)/b3-2+. The third kappa shape index (κ3) is 5.39. The number of nitrogens with one attached hydrogen (secondary N) is 1. The Hall–Kier alpha value is -3.95. The molecular formula is C22H19F3N4O3. The molecule has 0 atom stereocenters. The highest BCUT2D eigenvalue weighted by Gasteiger charge is 2.30. The SMILES string of the molecule is C/C=C/c1nnn(Cc2ccc(C(F)(F)F)cc2)c1C(=O)NCc1ccc(C(=O)O)cc1. The molecule has 166 valence electrons. The van der Waals surface area contributed by atoms with Gasteiger partial charge < -0.3 is 10.4 Å². The van der Waals surface area contributed by atoms with E-state index in [4.69, 9.17) is 5.11 Å². The van der Waals surface area contributed by atoms with Crippen LogP contribution in [0.1, 0.15) is 50.2 Å². The van der Waals surface area contributed by atoms with E-state index in [1.165, 1.54) is 28.9 Å². The minimum atomic E-state index is -4.43. The molecule has 0 spiro atoms. The van der Waals surface area contributed by atoms with Crippen LogP contribution in [0.5, 0.6) is 0 Å². The first-order chi connectivity index (χ1) is 15.2. The molecule has 3 aromatic rings. The molecule has 0 aliphatic heterocycles. The second-order valence-electron chi connectivity index (χ2n) is 6.86. The molecule has 2 aromatic carbocycles. The van der Waals surface area contributed by atoms with Crippen LogP contribution in [0.4, 0.5) is 13.2 Å². The van der Waals surface area contributed by atoms with Crippen LogP contribution in [-0.4, -0.2) is 32.0 Å². The van der Waals surface area contributed by atoms with E-state index in [0.717, 1.165) is 12.1 Å². The van der Waals surface area contributed by atoms with Gasteiger partial charge in [-0.15, -0.1) is 5.10 Å². The highest BCUT2D eigenvalue weighted by Crippen LogP contribution is 2.29. The number of aromatic nitrogens is 3. The van der Waals surface area contributed by atoms with E-state index < -0.39 is 23.6 Å². The molecule has 1 aromatic heterocycles. The molecule has 0 bridgehead atoms. The molecule has 10 heteroatoms. The molecule has 0 fully saturated rings. The smallest absolute Gasteiger partial charge is 0.416 e. The van der Waals surface area contributed by atoms with Crippen LogP contribution in [-0.2, 0) is 19.3 Å². The number of amides is 1. The average molecular weight is 444 g/mol. The Kier molecular flexibility index (Phi) is 6.72. The molecule has 1 amide bonds. The molecular weight excluding hydrogens is 425 g/mol. The molecule has 0 saturated heterocycles. The van der Waals surface area contributed by atoms with E-state index >= 15 is 0 Å². The lowest BCUT2D eigenvalue weighted by Crippen LogP contribution is -2.27. The second-order valence-corrected chi connectivity index (χ2v) is 6.86.